The Morgan fingerprint density at radius 3 is 2.83 bits per heavy atom. The smallest absolute Gasteiger partial charge is 0.192 e. The van der Waals surface area contributed by atoms with Crippen LogP contribution in [0, 0.1) is 0 Å². The average molecular weight is 352 g/mol. The van der Waals surface area contributed by atoms with Gasteiger partial charge in [0, 0.05) is 6.04 Å². The van der Waals surface area contributed by atoms with Gasteiger partial charge < -0.3 is 4.74 Å². The van der Waals surface area contributed by atoms with Crippen LogP contribution in [0.1, 0.15) is 38.6 Å². The minimum absolute atomic E-state index is 0.131. The number of hydrogen-bond donors (Lipinski definition) is 0. The first-order valence-corrected chi connectivity index (χ1v) is 8.80. The van der Waals surface area contributed by atoms with Gasteiger partial charge in [0.25, 0.3) is 0 Å². The summed E-state index contributed by atoms with van der Waals surface area (Å²) >= 11 is 7.56. The van der Waals surface area contributed by atoms with Crippen LogP contribution in [0.3, 0.4) is 0 Å². The molecule has 0 aliphatic heterocycles. The molecule has 0 amide bonds. The molecular weight excluding hydrogens is 334 g/mol. The van der Waals surface area contributed by atoms with E-state index in [1.165, 1.54) is 11.8 Å². The number of carbonyl (C=O) groups is 1. The van der Waals surface area contributed by atoms with Gasteiger partial charge >= 0.3 is 0 Å². The van der Waals surface area contributed by atoms with Gasteiger partial charge in [-0.15, -0.1) is 10.2 Å². The number of nitrogens with zero attached hydrogens (tertiary/aromatic N) is 3. The molecule has 0 saturated heterocycles. The summed E-state index contributed by atoms with van der Waals surface area (Å²) in [5.74, 6) is 1.53. The molecule has 1 aliphatic rings. The number of carbonyl (C=O) groups excluding carboxylic acids is 1. The summed E-state index contributed by atoms with van der Waals surface area (Å²) in [7, 11) is 0. The van der Waals surface area contributed by atoms with Gasteiger partial charge in [-0.05, 0) is 38.8 Å². The standard InChI is InChI=1S/C16H18ClN3O2S/c1-10(21)11(2)23-16-19-18-15(20(16)12-7-8-12)9-22-14-6-4-3-5-13(14)17/h3-6,11-12H,7-9H2,1-2H3. The fourth-order valence-electron chi connectivity index (χ4n) is 2.13. The molecule has 7 heteroatoms. The van der Waals surface area contributed by atoms with Gasteiger partial charge in [-0.25, -0.2) is 0 Å². The molecule has 0 radical (unpaired) electrons. The molecule has 5 nitrogen and oxygen atoms in total. The first-order chi connectivity index (χ1) is 11.1. The van der Waals surface area contributed by atoms with E-state index in [2.05, 4.69) is 14.8 Å². The van der Waals surface area contributed by atoms with Crippen molar-refractivity contribution in [3.63, 3.8) is 0 Å². The van der Waals surface area contributed by atoms with E-state index in [-0.39, 0.29) is 11.0 Å². The summed E-state index contributed by atoms with van der Waals surface area (Å²) in [6.45, 7) is 3.79. The monoisotopic (exact) mass is 351 g/mol. The summed E-state index contributed by atoms with van der Waals surface area (Å²) < 4.78 is 7.87. The highest BCUT2D eigenvalue weighted by molar-refractivity contribution is 8.00. The van der Waals surface area contributed by atoms with Crippen molar-refractivity contribution in [1.82, 2.24) is 14.8 Å². The summed E-state index contributed by atoms with van der Waals surface area (Å²) in [6.07, 6.45) is 2.22. The Morgan fingerprint density at radius 1 is 1.43 bits per heavy atom. The SMILES string of the molecule is CC(=O)C(C)Sc1nnc(COc2ccccc2Cl)n1C1CC1. The molecule has 1 fully saturated rings. The van der Waals surface area contributed by atoms with Crippen molar-refractivity contribution in [3.8, 4) is 5.75 Å². The highest BCUT2D eigenvalue weighted by Gasteiger charge is 2.30. The number of benzene rings is 1. The topological polar surface area (TPSA) is 57.0 Å². The second-order valence-electron chi connectivity index (χ2n) is 5.59. The molecule has 0 bridgehead atoms. The predicted octanol–water partition coefficient (Wildman–Crippen LogP) is 3.92. The van der Waals surface area contributed by atoms with E-state index in [0.29, 0.717) is 23.4 Å². The van der Waals surface area contributed by atoms with Crippen molar-refractivity contribution in [2.24, 2.45) is 0 Å². The lowest BCUT2D eigenvalue weighted by molar-refractivity contribution is -0.116. The maximum atomic E-state index is 11.5. The van der Waals surface area contributed by atoms with Gasteiger partial charge in [-0.3, -0.25) is 9.36 Å². The second kappa shape index (κ2) is 6.93. The Bertz CT molecular complexity index is 715. The number of halogens is 1. The molecule has 1 aromatic carbocycles. The van der Waals surface area contributed by atoms with E-state index < -0.39 is 0 Å². The Morgan fingerprint density at radius 2 is 2.17 bits per heavy atom. The Kier molecular flexibility index (Phi) is 4.92. The number of para-hydroxylation sites is 1. The quantitative estimate of drug-likeness (QED) is 0.708. The third-order valence-corrected chi connectivity index (χ3v) is 5.18. The number of Topliss-reactive ketones (excluding diaryl/α,β-unsaturated/α-hetero) is 1. The summed E-state index contributed by atoms with van der Waals surface area (Å²) in [5.41, 5.74) is 0. The van der Waals surface area contributed by atoms with Crippen LogP contribution in [0.2, 0.25) is 5.02 Å². The zero-order valence-corrected chi connectivity index (χ0v) is 14.6. The van der Waals surface area contributed by atoms with Gasteiger partial charge in [-0.1, -0.05) is 35.5 Å². The molecule has 2 aromatic rings. The van der Waals surface area contributed by atoms with Crippen molar-refractivity contribution in [1.29, 1.82) is 0 Å². The van der Waals surface area contributed by atoms with Crippen LogP contribution < -0.4 is 4.74 Å². The third kappa shape index (κ3) is 3.87. The van der Waals surface area contributed by atoms with Gasteiger partial charge in [-0.2, -0.15) is 0 Å². The predicted molar refractivity (Wildman–Crippen MR) is 90.1 cm³/mol. The van der Waals surface area contributed by atoms with Crippen LogP contribution in [0.4, 0.5) is 0 Å². The minimum atomic E-state index is -0.131. The van der Waals surface area contributed by atoms with Gasteiger partial charge in [0.2, 0.25) is 0 Å². The fourth-order valence-corrected chi connectivity index (χ4v) is 3.26. The first-order valence-electron chi connectivity index (χ1n) is 7.54. The molecule has 1 saturated carbocycles. The normalized spacial score (nSPS) is 15.4. The third-order valence-electron chi connectivity index (χ3n) is 3.70. The van der Waals surface area contributed by atoms with E-state index in [9.17, 15) is 4.79 Å². The molecule has 122 valence electrons. The van der Waals surface area contributed by atoms with Crippen molar-refractivity contribution in [3.05, 3.63) is 35.1 Å². The van der Waals surface area contributed by atoms with Crippen LogP contribution in [0.15, 0.2) is 29.4 Å². The number of rotatable bonds is 7. The number of ketones is 1. The van der Waals surface area contributed by atoms with Crippen LogP contribution in [0.25, 0.3) is 0 Å². The van der Waals surface area contributed by atoms with E-state index in [0.717, 1.165) is 23.8 Å². The van der Waals surface area contributed by atoms with Crippen molar-refractivity contribution in [2.45, 2.75) is 49.7 Å². The van der Waals surface area contributed by atoms with Crippen molar-refractivity contribution in [2.75, 3.05) is 0 Å². The molecule has 1 heterocycles. The Labute approximate surface area is 144 Å². The van der Waals surface area contributed by atoms with Crippen molar-refractivity contribution < 1.29 is 9.53 Å². The lowest BCUT2D eigenvalue weighted by Gasteiger charge is -2.12. The summed E-state index contributed by atoms with van der Waals surface area (Å²) in [4.78, 5) is 11.5. The van der Waals surface area contributed by atoms with E-state index in [1.54, 1.807) is 13.0 Å². The molecule has 23 heavy (non-hydrogen) atoms. The molecule has 1 atom stereocenters. The lowest BCUT2D eigenvalue weighted by atomic mass is 10.3. The minimum Gasteiger partial charge on any atom is -0.484 e. The highest BCUT2D eigenvalue weighted by Crippen LogP contribution is 2.39. The lowest BCUT2D eigenvalue weighted by Crippen LogP contribution is -2.11. The molecule has 1 aliphatic carbocycles. The maximum Gasteiger partial charge on any atom is 0.192 e. The van der Waals surface area contributed by atoms with Gasteiger partial charge in [0.1, 0.15) is 18.1 Å². The van der Waals surface area contributed by atoms with Crippen LogP contribution >= 0.6 is 23.4 Å². The molecule has 1 aromatic heterocycles. The van der Waals surface area contributed by atoms with Crippen LogP contribution in [-0.4, -0.2) is 25.8 Å². The van der Waals surface area contributed by atoms with E-state index >= 15 is 0 Å². The number of ether oxygens (including phenoxy) is 1. The number of hydrogen-bond acceptors (Lipinski definition) is 5. The van der Waals surface area contributed by atoms with E-state index in [4.69, 9.17) is 16.3 Å². The molecule has 0 spiro atoms. The first kappa shape index (κ1) is 16.3. The number of aromatic nitrogens is 3. The Balaban J connectivity index is 1.76. The summed E-state index contributed by atoms with van der Waals surface area (Å²) in [5, 5.41) is 9.72. The largest absolute Gasteiger partial charge is 0.484 e. The maximum absolute atomic E-state index is 11.5. The van der Waals surface area contributed by atoms with Crippen LogP contribution in [0.5, 0.6) is 5.75 Å². The van der Waals surface area contributed by atoms with Crippen LogP contribution in [-0.2, 0) is 11.4 Å². The molecular formula is C16H18ClN3O2S. The second-order valence-corrected chi connectivity index (χ2v) is 7.30. The van der Waals surface area contributed by atoms with Gasteiger partial charge in [0.05, 0.1) is 10.3 Å². The van der Waals surface area contributed by atoms with E-state index in [1.807, 2.05) is 25.1 Å². The molecule has 1 unspecified atom stereocenters. The zero-order chi connectivity index (χ0) is 16.4. The van der Waals surface area contributed by atoms with Crippen molar-refractivity contribution >= 4 is 29.1 Å². The number of thioether (sulfide) groups is 1. The Hall–Kier alpha value is -1.53. The average Bonchev–Trinajstić information content (AvgIpc) is 3.28. The molecule has 0 N–H and O–H groups in total. The zero-order valence-electron chi connectivity index (χ0n) is 13.0. The highest BCUT2D eigenvalue weighted by atomic mass is 35.5. The fraction of sp³-hybridized carbons (Fsp3) is 0.438. The summed E-state index contributed by atoms with van der Waals surface area (Å²) in [6, 6.07) is 7.77. The van der Waals surface area contributed by atoms with Gasteiger partial charge in [0.15, 0.2) is 11.0 Å². The molecule has 3 rings (SSSR count).